The van der Waals surface area contributed by atoms with Crippen LogP contribution in [-0.2, 0) is 20.1 Å². The van der Waals surface area contributed by atoms with Crippen molar-refractivity contribution in [2.24, 2.45) is 7.05 Å². The molecule has 0 unspecified atom stereocenters. The smallest absolute Gasteiger partial charge is 0.152 e. The standard InChI is InChI=1S/C19H26N8/c1-14-21-8-10-27(14)13-17-23-24-19(25(17)2)16-6-4-9-26(12-16)11-15-5-3-7-22-18(15)20/h3,5,7-8,10,16H,4,6,9,11-13H2,1-2H3,(H2,20,22)/t16-/m0/s1. The second-order valence-electron chi connectivity index (χ2n) is 7.26. The Labute approximate surface area is 159 Å². The number of piperidine rings is 1. The van der Waals surface area contributed by atoms with Gasteiger partial charge in [0.05, 0.1) is 6.54 Å². The van der Waals surface area contributed by atoms with E-state index in [1.807, 2.05) is 25.4 Å². The molecule has 1 fully saturated rings. The number of hydrogen-bond donors (Lipinski definition) is 1. The number of hydrogen-bond acceptors (Lipinski definition) is 6. The Morgan fingerprint density at radius 3 is 2.85 bits per heavy atom. The van der Waals surface area contributed by atoms with Gasteiger partial charge in [-0.2, -0.15) is 0 Å². The number of nitrogens with zero attached hydrogens (tertiary/aromatic N) is 7. The van der Waals surface area contributed by atoms with Crippen molar-refractivity contribution >= 4 is 5.82 Å². The van der Waals surface area contributed by atoms with Gasteiger partial charge in [-0.3, -0.25) is 4.90 Å². The average molecular weight is 366 g/mol. The molecule has 0 radical (unpaired) electrons. The quantitative estimate of drug-likeness (QED) is 0.739. The third kappa shape index (κ3) is 3.71. The van der Waals surface area contributed by atoms with Gasteiger partial charge in [0, 0.05) is 50.2 Å². The maximum absolute atomic E-state index is 6.02. The first kappa shape index (κ1) is 17.7. The Kier molecular flexibility index (Phi) is 4.89. The van der Waals surface area contributed by atoms with Crippen molar-refractivity contribution < 1.29 is 0 Å². The normalized spacial score (nSPS) is 18.1. The van der Waals surface area contributed by atoms with Gasteiger partial charge in [0.15, 0.2) is 5.82 Å². The fourth-order valence-electron chi connectivity index (χ4n) is 3.83. The highest BCUT2D eigenvalue weighted by molar-refractivity contribution is 5.38. The van der Waals surface area contributed by atoms with Crippen LogP contribution < -0.4 is 5.73 Å². The molecule has 3 aromatic heterocycles. The minimum Gasteiger partial charge on any atom is -0.383 e. The van der Waals surface area contributed by atoms with E-state index in [-0.39, 0.29) is 0 Å². The molecule has 0 saturated carbocycles. The molecule has 8 nitrogen and oxygen atoms in total. The topological polar surface area (TPSA) is 90.7 Å². The lowest BCUT2D eigenvalue weighted by atomic mass is 9.96. The first-order valence-electron chi connectivity index (χ1n) is 9.39. The Morgan fingerprint density at radius 2 is 2.07 bits per heavy atom. The minimum atomic E-state index is 0.381. The number of nitrogen functional groups attached to an aromatic ring is 1. The maximum atomic E-state index is 6.02. The highest BCUT2D eigenvalue weighted by Crippen LogP contribution is 2.27. The Balaban J connectivity index is 1.47. The number of nitrogens with two attached hydrogens (primary N) is 1. The van der Waals surface area contributed by atoms with Gasteiger partial charge in [-0.05, 0) is 32.4 Å². The van der Waals surface area contributed by atoms with Crippen molar-refractivity contribution in [3.05, 3.63) is 53.8 Å². The highest BCUT2D eigenvalue weighted by atomic mass is 15.3. The van der Waals surface area contributed by atoms with Crippen LogP contribution in [0.25, 0.3) is 0 Å². The summed E-state index contributed by atoms with van der Waals surface area (Å²) in [6, 6.07) is 4.00. The molecule has 1 atom stereocenters. The molecular weight excluding hydrogens is 340 g/mol. The van der Waals surface area contributed by atoms with Crippen LogP contribution in [-0.4, -0.2) is 47.3 Å². The first-order valence-corrected chi connectivity index (χ1v) is 9.39. The molecule has 1 aliphatic rings. The molecule has 0 bridgehead atoms. The SMILES string of the molecule is Cc1nccn1Cc1nnc([C@H]2CCCN(Cc3cccnc3N)C2)n1C. The fourth-order valence-corrected chi connectivity index (χ4v) is 3.83. The Bertz CT molecular complexity index is 912. The fraction of sp³-hybridized carbons (Fsp3) is 0.474. The van der Waals surface area contributed by atoms with E-state index in [2.05, 4.69) is 47.3 Å². The summed E-state index contributed by atoms with van der Waals surface area (Å²) in [6.07, 6.45) is 7.81. The third-order valence-electron chi connectivity index (χ3n) is 5.42. The number of likely N-dealkylation sites (tertiary alicyclic amines) is 1. The summed E-state index contributed by atoms with van der Waals surface area (Å²) in [5, 5.41) is 8.97. The van der Waals surface area contributed by atoms with Crippen molar-refractivity contribution in [2.75, 3.05) is 18.8 Å². The van der Waals surface area contributed by atoms with Crippen molar-refractivity contribution in [3.63, 3.8) is 0 Å². The lowest BCUT2D eigenvalue weighted by Crippen LogP contribution is -2.35. The number of imidazole rings is 1. The molecule has 4 rings (SSSR count). The van der Waals surface area contributed by atoms with Crippen molar-refractivity contribution in [3.8, 4) is 0 Å². The lowest BCUT2D eigenvalue weighted by Gasteiger charge is -2.32. The lowest BCUT2D eigenvalue weighted by molar-refractivity contribution is 0.195. The van der Waals surface area contributed by atoms with E-state index < -0.39 is 0 Å². The molecule has 0 spiro atoms. The van der Waals surface area contributed by atoms with Crippen LogP contribution in [0.3, 0.4) is 0 Å². The van der Waals surface area contributed by atoms with E-state index in [0.29, 0.717) is 18.3 Å². The van der Waals surface area contributed by atoms with Crippen LogP contribution in [0.2, 0.25) is 0 Å². The van der Waals surface area contributed by atoms with E-state index in [0.717, 1.165) is 55.5 Å². The van der Waals surface area contributed by atoms with Crippen LogP contribution in [0, 0.1) is 6.92 Å². The molecule has 27 heavy (non-hydrogen) atoms. The largest absolute Gasteiger partial charge is 0.383 e. The monoisotopic (exact) mass is 366 g/mol. The average Bonchev–Trinajstić information content (AvgIpc) is 3.24. The first-order chi connectivity index (χ1) is 13.1. The van der Waals surface area contributed by atoms with E-state index in [9.17, 15) is 0 Å². The van der Waals surface area contributed by atoms with Gasteiger partial charge in [-0.25, -0.2) is 9.97 Å². The Morgan fingerprint density at radius 1 is 1.19 bits per heavy atom. The van der Waals surface area contributed by atoms with E-state index in [1.165, 1.54) is 0 Å². The predicted octanol–water partition coefficient (Wildman–Crippen LogP) is 1.73. The molecular formula is C19H26N8. The van der Waals surface area contributed by atoms with Crippen LogP contribution in [0.4, 0.5) is 5.82 Å². The molecule has 0 aliphatic carbocycles. The second kappa shape index (κ2) is 7.48. The van der Waals surface area contributed by atoms with Crippen LogP contribution >= 0.6 is 0 Å². The summed E-state index contributed by atoms with van der Waals surface area (Å²) in [4.78, 5) is 10.9. The van der Waals surface area contributed by atoms with E-state index in [4.69, 9.17) is 5.73 Å². The molecule has 2 N–H and O–H groups in total. The van der Waals surface area contributed by atoms with Crippen molar-refractivity contribution in [2.45, 2.75) is 38.8 Å². The summed E-state index contributed by atoms with van der Waals surface area (Å²) < 4.78 is 4.23. The van der Waals surface area contributed by atoms with Gasteiger partial charge in [0.25, 0.3) is 0 Å². The summed E-state index contributed by atoms with van der Waals surface area (Å²) in [5.74, 6) is 4.01. The van der Waals surface area contributed by atoms with Crippen molar-refractivity contribution in [1.82, 2.24) is 34.2 Å². The second-order valence-corrected chi connectivity index (χ2v) is 7.26. The number of pyridine rings is 1. The summed E-state index contributed by atoms with van der Waals surface area (Å²) in [7, 11) is 2.06. The number of rotatable bonds is 5. The molecule has 142 valence electrons. The molecule has 8 heteroatoms. The summed E-state index contributed by atoms with van der Waals surface area (Å²) >= 11 is 0. The van der Waals surface area contributed by atoms with Gasteiger partial charge >= 0.3 is 0 Å². The Hall–Kier alpha value is -2.74. The number of aromatic nitrogens is 6. The minimum absolute atomic E-state index is 0.381. The van der Waals surface area contributed by atoms with Crippen LogP contribution in [0.15, 0.2) is 30.7 Å². The molecule has 4 heterocycles. The van der Waals surface area contributed by atoms with Crippen LogP contribution in [0.1, 0.15) is 41.8 Å². The van der Waals surface area contributed by atoms with Gasteiger partial charge in [0.1, 0.15) is 17.5 Å². The molecule has 3 aromatic rings. The molecule has 0 amide bonds. The zero-order valence-electron chi connectivity index (χ0n) is 15.9. The third-order valence-corrected chi connectivity index (χ3v) is 5.42. The van der Waals surface area contributed by atoms with Gasteiger partial charge in [-0.1, -0.05) is 6.07 Å². The predicted molar refractivity (Wildman–Crippen MR) is 103 cm³/mol. The molecule has 0 aromatic carbocycles. The number of anilines is 1. The highest BCUT2D eigenvalue weighted by Gasteiger charge is 2.26. The molecule has 1 saturated heterocycles. The van der Waals surface area contributed by atoms with Gasteiger partial charge in [-0.15, -0.1) is 10.2 Å². The van der Waals surface area contributed by atoms with E-state index in [1.54, 1.807) is 6.20 Å². The number of aryl methyl sites for hydroxylation is 1. The van der Waals surface area contributed by atoms with E-state index >= 15 is 0 Å². The van der Waals surface area contributed by atoms with Gasteiger partial charge < -0.3 is 14.9 Å². The van der Waals surface area contributed by atoms with Gasteiger partial charge in [0.2, 0.25) is 0 Å². The maximum Gasteiger partial charge on any atom is 0.152 e. The molecule has 1 aliphatic heterocycles. The zero-order chi connectivity index (χ0) is 18.8. The zero-order valence-corrected chi connectivity index (χ0v) is 15.9. The summed E-state index contributed by atoms with van der Waals surface area (Å²) in [5.41, 5.74) is 7.11. The van der Waals surface area contributed by atoms with Crippen LogP contribution in [0.5, 0.6) is 0 Å². The van der Waals surface area contributed by atoms with Crippen molar-refractivity contribution in [1.29, 1.82) is 0 Å². The summed E-state index contributed by atoms with van der Waals surface area (Å²) in [6.45, 7) is 5.56.